The zero-order valence-electron chi connectivity index (χ0n) is 6.81. The molecule has 54 valence electrons. The fraction of sp³-hybridized carbons (Fsp3) is 0.857. The molecule has 9 heavy (non-hydrogen) atoms. The summed E-state index contributed by atoms with van der Waals surface area (Å²) in [6.45, 7) is 8.13. The third-order valence-electron chi connectivity index (χ3n) is 1.41. The molecule has 0 fully saturated rings. The highest BCUT2D eigenvalue weighted by atomic mass is 15.1. The molecule has 0 N–H and O–H groups in total. The highest BCUT2D eigenvalue weighted by molar-refractivity contribution is 5.79. The minimum atomic E-state index is 0.885. The molecular formula is C7H16N2. The molecule has 0 aromatic heterocycles. The molecular weight excluding hydrogens is 112 g/mol. The standard InChI is InChI=1S/C7H16N2/c1-5-8-7(3)9(4)6-2/h5-6H2,1-4H3. The Morgan fingerprint density at radius 1 is 1.44 bits per heavy atom. The molecule has 0 amide bonds. The van der Waals surface area contributed by atoms with E-state index in [-0.39, 0.29) is 0 Å². The van der Waals surface area contributed by atoms with Crippen LogP contribution in [0.4, 0.5) is 0 Å². The van der Waals surface area contributed by atoms with E-state index in [0.717, 1.165) is 18.9 Å². The Morgan fingerprint density at radius 3 is 2.33 bits per heavy atom. The van der Waals surface area contributed by atoms with Gasteiger partial charge in [0.2, 0.25) is 0 Å². The fourth-order valence-electron chi connectivity index (χ4n) is 0.578. The second-order valence-electron chi connectivity index (χ2n) is 2.04. The Balaban J connectivity index is 3.70. The number of hydrogen-bond acceptors (Lipinski definition) is 1. The molecule has 0 aliphatic carbocycles. The van der Waals surface area contributed by atoms with Gasteiger partial charge in [-0.05, 0) is 20.8 Å². The molecule has 0 spiro atoms. The van der Waals surface area contributed by atoms with Crippen LogP contribution in [0.3, 0.4) is 0 Å². The van der Waals surface area contributed by atoms with E-state index in [9.17, 15) is 0 Å². The molecule has 2 nitrogen and oxygen atoms in total. The maximum Gasteiger partial charge on any atom is 0.0954 e. The van der Waals surface area contributed by atoms with Crippen molar-refractivity contribution in [2.45, 2.75) is 20.8 Å². The van der Waals surface area contributed by atoms with Crippen molar-refractivity contribution in [3.05, 3.63) is 0 Å². The van der Waals surface area contributed by atoms with E-state index in [0.29, 0.717) is 0 Å². The maximum absolute atomic E-state index is 4.24. The SMILES string of the molecule is CCN=C(C)N(C)CC. The van der Waals surface area contributed by atoms with Crippen molar-refractivity contribution in [3.8, 4) is 0 Å². The van der Waals surface area contributed by atoms with Crippen molar-refractivity contribution >= 4 is 5.84 Å². The van der Waals surface area contributed by atoms with Crippen LogP contribution in [0, 0.1) is 0 Å². The lowest BCUT2D eigenvalue weighted by Gasteiger charge is -2.14. The minimum absolute atomic E-state index is 0.885. The average molecular weight is 128 g/mol. The van der Waals surface area contributed by atoms with Crippen LogP contribution in [0.2, 0.25) is 0 Å². The summed E-state index contributed by atoms with van der Waals surface area (Å²) in [7, 11) is 2.05. The van der Waals surface area contributed by atoms with Crippen molar-refractivity contribution < 1.29 is 0 Å². The molecule has 2 heteroatoms. The van der Waals surface area contributed by atoms with Gasteiger partial charge in [-0.2, -0.15) is 0 Å². The second-order valence-corrected chi connectivity index (χ2v) is 2.04. The first kappa shape index (κ1) is 8.47. The van der Waals surface area contributed by atoms with Crippen LogP contribution in [-0.2, 0) is 0 Å². The van der Waals surface area contributed by atoms with E-state index in [1.807, 2.05) is 13.8 Å². The zero-order valence-corrected chi connectivity index (χ0v) is 6.81. The van der Waals surface area contributed by atoms with Crippen LogP contribution in [0.15, 0.2) is 4.99 Å². The molecule has 0 aromatic carbocycles. The van der Waals surface area contributed by atoms with E-state index in [4.69, 9.17) is 0 Å². The van der Waals surface area contributed by atoms with Crippen molar-refractivity contribution in [1.29, 1.82) is 0 Å². The summed E-state index contributed by atoms with van der Waals surface area (Å²) >= 11 is 0. The van der Waals surface area contributed by atoms with Gasteiger partial charge >= 0.3 is 0 Å². The first-order valence-corrected chi connectivity index (χ1v) is 3.44. The smallest absolute Gasteiger partial charge is 0.0954 e. The van der Waals surface area contributed by atoms with Gasteiger partial charge < -0.3 is 4.90 Å². The molecule has 0 radical (unpaired) electrons. The third-order valence-corrected chi connectivity index (χ3v) is 1.41. The molecule has 0 saturated heterocycles. The summed E-state index contributed by atoms with van der Waals surface area (Å²) in [6.07, 6.45) is 0. The second kappa shape index (κ2) is 4.36. The fourth-order valence-corrected chi connectivity index (χ4v) is 0.578. The van der Waals surface area contributed by atoms with Gasteiger partial charge in [0.05, 0.1) is 5.84 Å². The quantitative estimate of drug-likeness (QED) is 0.405. The van der Waals surface area contributed by atoms with Crippen molar-refractivity contribution in [2.24, 2.45) is 4.99 Å². The summed E-state index contributed by atoms with van der Waals surface area (Å²) < 4.78 is 0. The summed E-state index contributed by atoms with van der Waals surface area (Å²) in [6, 6.07) is 0. The van der Waals surface area contributed by atoms with Crippen LogP contribution >= 0.6 is 0 Å². The lowest BCUT2D eigenvalue weighted by Crippen LogP contribution is -2.23. The van der Waals surface area contributed by atoms with Crippen LogP contribution in [0.1, 0.15) is 20.8 Å². The Morgan fingerprint density at radius 2 is 2.00 bits per heavy atom. The van der Waals surface area contributed by atoms with Crippen LogP contribution in [0.5, 0.6) is 0 Å². The van der Waals surface area contributed by atoms with Gasteiger partial charge in [-0.15, -0.1) is 0 Å². The van der Waals surface area contributed by atoms with Crippen molar-refractivity contribution in [2.75, 3.05) is 20.1 Å². The lowest BCUT2D eigenvalue weighted by molar-refractivity contribution is 0.530. The van der Waals surface area contributed by atoms with Gasteiger partial charge in [-0.3, -0.25) is 4.99 Å². The predicted octanol–water partition coefficient (Wildman–Crippen LogP) is 1.38. The normalized spacial score (nSPS) is 11.8. The van der Waals surface area contributed by atoms with Gasteiger partial charge in [-0.1, -0.05) is 0 Å². The van der Waals surface area contributed by atoms with Gasteiger partial charge in [0.15, 0.2) is 0 Å². The van der Waals surface area contributed by atoms with E-state index in [1.165, 1.54) is 0 Å². The summed E-state index contributed by atoms with van der Waals surface area (Å²) in [5, 5.41) is 0. The number of aliphatic imine (C=N–C) groups is 1. The molecule has 0 atom stereocenters. The Kier molecular flexibility index (Phi) is 4.10. The maximum atomic E-state index is 4.24. The van der Waals surface area contributed by atoms with Crippen molar-refractivity contribution in [3.63, 3.8) is 0 Å². The molecule has 0 aliphatic heterocycles. The summed E-state index contributed by atoms with van der Waals surface area (Å²) in [4.78, 5) is 6.37. The van der Waals surface area contributed by atoms with Gasteiger partial charge in [0, 0.05) is 20.1 Å². The van der Waals surface area contributed by atoms with E-state index in [1.54, 1.807) is 0 Å². The van der Waals surface area contributed by atoms with Crippen molar-refractivity contribution in [1.82, 2.24) is 4.90 Å². The average Bonchev–Trinajstić information content (AvgIpc) is 1.87. The monoisotopic (exact) mass is 128 g/mol. The van der Waals surface area contributed by atoms with E-state index in [2.05, 4.69) is 23.9 Å². The molecule has 0 aromatic rings. The molecule has 0 aliphatic rings. The number of amidine groups is 1. The van der Waals surface area contributed by atoms with Crippen LogP contribution < -0.4 is 0 Å². The Labute approximate surface area is 57.6 Å². The summed E-state index contributed by atoms with van der Waals surface area (Å²) in [5.41, 5.74) is 0. The topological polar surface area (TPSA) is 15.6 Å². The van der Waals surface area contributed by atoms with Crippen LogP contribution in [0.25, 0.3) is 0 Å². The van der Waals surface area contributed by atoms with Gasteiger partial charge in [0.1, 0.15) is 0 Å². The molecule has 0 rings (SSSR count). The van der Waals surface area contributed by atoms with Gasteiger partial charge in [-0.25, -0.2) is 0 Å². The Hall–Kier alpha value is -0.530. The largest absolute Gasteiger partial charge is 0.364 e. The van der Waals surface area contributed by atoms with E-state index < -0.39 is 0 Å². The molecule has 0 bridgehead atoms. The third kappa shape index (κ3) is 3.12. The molecule has 0 heterocycles. The minimum Gasteiger partial charge on any atom is -0.364 e. The highest BCUT2D eigenvalue weighted by Gasteiger charge is 1.92. The predicted molar refractivity (Wildman–Crippen MR) is 42.0 cm³/mol. The van der Waals surface area contributed by atoms with E-state index >= 15 is 0 Å². The molecule has 0 unspecified atom stereocenters. The zero-order chi connectivity index (χ0) is 7.28. The highest BCUT2D eigenvalue weighted by Crippen LogP contribution is 1.85. The first-order chi connectivity index (χ1) is 4.22. The molecule has 0 saturated carbocycles. The Bertz CT molecular complexity index is 97.1. The number of rotatable bonds is 2. The van der Waals surface area contributed by atoms with Gasteiger partial charge in [0.25, 0.3) is 0 Å². The number of nitrogens with zero attached hydrogens (tertiary/aromatic N) is 2. The number of hydrogen-bond donors (Lipinski definition) is 0. The summed E-state index contributed by atoms with van der Waals surface area (Å²) in [5.74, 6) is 1.12. The van der Waals surface area contributed by atoms with Crippen LogP contribution in [-0.4, -0.2) is 30.9 Å². The lowest BCUT2D eigenvalue weighted by atomic mass is 10.5. The first-order valence-electron chi connectivity index (χ1n) is 3.44.